The van der Waals surface area contributed by atoms with Crippen LogP contribution in [0.3, 0.4) is 0 Å². The van der Waals surface area contributed by atoms with Crippen molar-refractivity contribution in [1.29, 1.82) is 0 Å². The van der Waals surface area contributed by atoms with Crippen LogP contribution in [-0.4, -0.2) is 18.5 Å². The minimum absolute atomic E-state index is 0.0677. The van der Waals surface area contributed by atoms with Crippen molar-refractivity contribution in [2.24, 2.45) is 0 Å². The average Bonchev–Trinajstić information content (AvgIpc) is 2.51. The molecule has 0 aromatic carbocycles. The highest BCUT2D eigenvalue weighted by Crippen LogP contribution is 2.25. The lowest BCUT2D eigenvalue weighted by molar-refractivity contribution is 0.244. The normalized spacial score (nSPS) is 11.9. The summed E-state index contributed by atoms with van der Waals surface area (Å²) in [4.78, 5) is 0. The van der Waals surface area contributed by atoms with E-state index in [9.17, 15) is 8.78 Å². The van der Waals surface area contributed by atoms with Crippen molar-refractivity contribution in [3.8, 4) is 0 Å². The van der Waals surface area contributed by atoms with Crippen LogP contribution in [0, 0.1) is 0 Å². The number of nitrogen functional groups attached to an aromatic ring is 1. The highest BCUT2D eigenvalue weighted by atomic mass is 19.1. The van der Waals surface area contributed by atoms with Gasteiger partial charge in [-0.25, -0.2) is 8.78 Å². The molecule has 0 bridgehead atoms. The zero-order chi connectivity index (χ0) is 9.19. The van der Waals surface area contributed by atoms with Gasteiger partial charge in [-0.3, -0.25) is 0 Å². The van der Waals surface area contributed by atoms with E-state index in [1.54, 1.807) is 0 Å². The lowest BCUT2D eigenvalue weighted by Crippen LogP contribution is -2.27. The van der Waals surface area contributed by atoms with Gasteiger partial charge in [-0.2, -0.15) is 0 Å². The predicted molar refractivity (Wildman–Crippen MR) is 40.2 cm³/mol. The predicted octanol–water partition coefficient (Wildman–Crippen LogP) is 1.45. The van der Waals surface area contributed by atoms with Gasteiger partial charge in [0, 0.05) is 6.07 Å². The van der Waals surface area contributed by atoms with Crippen molar-refractivity contribution >= 4 is 5.88 Å². The van der Waals surface area contributed by atoms with Gasteiger partial charge < -0.3 is 10.3 Å². The molecule has 0 amide bonds. The lowest BCUT2D eigenvalue weighted by Gasteiger charge is -2.17. The molecular formula is C7H10F2N2O. The van der Waals surface area contributed by atoms with Crippen molar-refractivity contribution in [2.45, 2.75) is 12.3 Å². The maximum absolute atomic E-state index is 12.4. The topological polar surface area (TPSA) is 52.0 Å². The van der Waals surface area contributed by atoms with Crippen LogP contribution in [0.4, 0.5) is 14.7 Å². The van der Waals surface area contributed by atoms with Crippen LogP contribution in [0.5, 0.6) is 0 Å². The molecule has 0 saturated carbocycles. The van der Waals surface area contributed by atoms with Crippen LogP contribution >= 0.6 is 0 Å². The van der Waals surface area contributed by atoms with Gasteiger partial charge in [0.1, 0.15) is 13.3 Å². The summed E-state index contributed by atoms with van der Waals surface area (Å²) < 4.78 is 29.3. The van der Waals surface area contributed by atoms with E-state index in [0.29, 0.717) is 0 Å². The minimum atomic E-state index is -1.22. The fourth-order valence-corrected chi connectivity index (χ4v) is 0.746. The second-order valence-electron chi connectivity index (χ2n) is 2.94. The van der Waals surface area contributed by atoms with Gasteiger partial charge >= 0.3 is 0 Å². The summed E-state index contributed by atoms with van der Waals surface area (Å²) >= 11 is 0. The first-order chi connectivity index (χ1) is 5.62. The average molecular weight is 176 g/mol. The third-order valence-corrected chi connectivity index (χ3v) is 1.74. The van der Waals surface area contributed by atoms with E-state index in [2.05, 4.69) is 9.68 Å². The lowest BCUT2D eigenvalue weighted by atomic mass is 9.90. The molecule has 3 nitrogen and oxygen atoms in total. The van der Waals surface area contributed by atoms with Crippen LogP contribution in [0.2, 0.25) is 0 Å². The Labute approximate surface area is 68.5 Å². The van der Waals surface area contributed by atoms with Crippen molar-refractivity contribution in [1.82, 2.24) is 5.16 Å². The number of anilines is 1. The first-order valence-corrected chi connectivity index (χ1v) is 3.47. The minimum Gasteiger partial charge on any atom is -0.368 e. The van der Waals surface area contributed by atoms with Gasteiger partial charge in [-0.1, -0.05) is 5.16 Å². The first kappa shape index (κ1) is 8.96. The zero-order valence-electron chi connectivity index (χ0n) is 6.68. The van der Waals surface area contributed by atoms with Gasteiger partial charge in [0.2, 0.25) is 5.88 Å². The Hall–Kier alpha value is -1.13. The maximum Gasteiger partial charge on any atom is 0.222 e. The van der Waals surface area contributed by atoms with Gasteiger partial charge in [0.15, 0.2) is 0 Å². The molecule has 0 aliphatic heterocycles. The third kappa shape index (κ3) is 1.39. The van der Waals surface area contributed by atoms with Crippen molar-refractivity contribution in [2.75, 3.05) is 19.1 Å². The molecule has 2 N–H and O–H groups in total. The van der Waals surface area contributed by atoms with E-state index in [4.69, 9.17) is 5.73 Å². The Kier molecular flexibility index (Phi) is 2.30. The summed E-state index contributed by atoms with van der Waals surface area (Å²) in [7, 11) is 0. The van der Waals surface area contributed by atoms with Crippen LogP contribution in [0.15, 0.2) is 10.6 Å². The van der Waals surface area contributed by atoms with Crippen LogP contribution in [0.1, 0.15) is 12.6 Å². The molecule has 0 unspecified atom stereocenters. The summed E-state index contributed by atoms with van der Waals surface area (Å²) in [5, 5.41) is 3.45. The van der Waals surface area contributed by atoms with Gasteiger partial charge in [0.25, 0.3) is 0 Å². The summed E-state index contributed by atoms with van der Waals surface area (Å²) in [6.07, 6.45) is 0. The number of rotatable bonds is 3. The number of nitrogens with zero attached hydrogens (tertiary/aromatic N) is 1. The standard InChI is InChI=1S/C7H10F2N2O/c1-7(3-8,4-9)5-2-6(10)12-11-5/h2H,3-4,10H2,1H3. The molecule has 0 spiro atoms. The molecule has 0 fully saturated rings. The second kappa shape index (κ2) is 3.08. The Balaban J connectivity index is 2.94. The molecule has 5 heteroatoms. The van der Waals surface area contributed by atoms with Crippen molar-refractivity contribution in [3.63, 3.8) is 0 Å². The molecule has 68 valence electrons. The van der Waals surface area contributed by atoms with Crippen molar-refractivity contribution in [3.05, 3.63) is 11.8 Å². The fraction of sp³-hybridized carbons (Fsp3) is 0.571. The van der Waals surface area contributed by atoms with Crippen LogP contribution in [0.25, 0.3) is 0 Å². The van der Waals surface area contributed by atoms with E-state index in [1.807, 2.05) is 0 Å². The highest BCUT2D eigenvalue weighted by Gasteiger charge is 2.30. The number of hydrogen-bond donors (Lipinski definition) is 1. The molecular weight excluding hydrogens is 166 g/mol. The molecule has 0 aliphatic carbocycles. The molecule has 0 aliphatic rings. The third-order valence-electron chi connectivity index (χ3n) is 1.74. The van der Waals surface area contributed by atoms with E-state index in [0.717, 1.165) is 0 Å². The Morgan fingerprint density at radius 1 is 1.58 bits per heavy atom. The largest absolute Gasteiger partial charge is 0.368 e. The maximum atomic E-state index is 12.4. The number of hydrogen-bond acceptors (Lipinski definition) is 3. The van der Waals surface area contributed by atoms with Crippen molar-refractivity contribution < 1.29 is 13.3 Å². The van der Waals surface area contributed by atoms with Gasteiger partial charge in [0.05, 0.1) is 11.1 Å². The van der Waals surface area contributed by atoms with E-state index in [-0.39, 0.29) is 11.6 Å². The number of alkyl halides is 2. The molecule has 1 rings (SSSR count). The second-order valence-corrected chi connectivity index (χ2v) is 2.94. The highest BCUT2D eigenvalue weighted by molar-refractivity contribution is 5.29. The van der Waals surface area contributed by atoms with Crippen LogP contribution < -0.4 is 5.73 Å². The van der Waals surface area contributed by atoms with E-state index >= 15 is 0 Å². The summed E-state index contributed by atoms with van der Waals surface area (Å²) in [5.41, 5.74) is 4.20. The molecule has 12 heavy (non-hydrogen) atoms. The van der Waals surface area contributed by atoms with Gasteiger partial charge in [-0.15, -0.1) is 0 Å². The summed E-state index contributed by atoms with van der Waals surface area (Å²) in [5.74, 6) is 0.0677. The summed E-state index contributed by atoms with van der Waals surface area (Å²) in [6.45, 7) is -0.227. The van der Waals surface area contributed by atoms with Gasteiger partial charge in [-0.05, 0) is 6.92 Å². The van der Waals surface area contributed by atoms with E-state index in [1.165, 1.54) is 13.0 Å². The monoisotopic (exact) mass is 176 g/mol. The molecule has 0 atom stereocenters. The molecule has 0 radical (unpaired) electrons. The number of aromatic nitrogens is 1. The molecule has 1 aromatic rings. The smallest absolute Gasteiger partial charge is 0.222 e. The molecule has 0 saturated heterocycles. The molecule has 1 heterocycles. The zero-order valence-corrected chi connectivity index (χ0v) is 6.68. The number of halogens is 2. The Morgan fingerprint density at radius 3 is 2.50 bits per heavy atom. The fourth-order valence-electron chi connectivity index (χ4n) is 0.746. The Morgan fingerprint density at radius 2 is 2.17 bits per heavy atom. The Bertz CT molecular complexity index is 258. The molecule has 1 aromatic heterocycles. The SMILES string of the molecule is CC(CF)(CF)c1cc(N)on1. The number of nitrogens with two attached hydrogens (primary N) is 1. The summed E-state index contributed by atoms with van der Waals surface area (Å²) in [6, 6.07) is 1.33. The van der Waals surface area contributed by atoms with E-state index < -0.39 is 18.8 Å². The van der Waals surface area contributed by atoms with Crippen LogP contribution in [-0.2, 0) is 5.41 Å². The quantitative estimate of drug-likeness (QED) is 0.758. The first-order valence-electron chi connectivity index (χ1n) is 3.47.